The van der Waals surface area contributed by atoms with Gasteiger partial charge in [0.25, 0.3) is 0 Å². The van der Waals surface area contributed by atoms with Gasteiger partial charge in [-0.3, -0.25) is 4.98 Å². The van der Waals surface area contributed by atoms with E-state index in [2.05, 4.69) is 30.2 Å². The number of piperidine rings is 1. The van der Waals surface area contributed by atoms with Gasteiger partial charge in [0.15, 0.2) is 5.82 Å². The zero-order valence-corrected chi connectivity index (χ0v) is 14.9. The third-order valence-electron chi connectivity index (χ3n) is 4.93. The third-order valence-corrected chi connectivity index (χ3v) is 4.93. The molecule has 7 nitrogen and oxygen atoms in total. The normalized spacial score (nSPS) is 18.2. The van der Waals surface area contributed by atoms with Crippen molar-refractivity contribution < 1.29 is 0 Å². The number of nitrogens with one attached hydrogen (secondary N) is 1. The van der Waals surface area contributed by atoms with E-state index < -0.39 is 0 Å². The van der Waals surface area contributed by atoms with Gasteiger partial charge < -0.3 is 15.1 Å². The molecule has 0 atom stereocenters. The molecule has 132 valence electrons. The Balaban J connectivity index is 1.38. The van der Waals surface area contributed by atoms with Crippen molar-refractivity contribution in [3.63, 3.8) is 0 Å². The molecular weight excluding hydrogens is 314 g/mol. The molecule has 1 saturated carbocycles. The Morgan fingerprint density at radius 1 is 1.00 bits per heavy atom. The molecule has 1 aliphatic carbocycles. The van der Waals surface area contributed by atoms with E-state index >= 15 is 0 Å². The molecule has 2 aromatic heterocycles. The van der Waals surface area contributed by atoms with E-state index in [-0.39, 0.29) is 0 Å². The number of hydrogen-bond donors (Lipinski definition) is 1. The molecule has 0 aromatic carbocycles. The van der Waals surface area contributed by atoms with E-state index in [0.717, 1.165) is 43.4 Å². The van der Waals surface area contributed by atoms with Crippen LogP contribution in [0.2, 0.25) is 0 Å². The van der Waals surface area contributed by atoms with Crippen molar-refractivity contribution in [2.45, 2.75) is 37.6 Å². The lowest BCUT2D eigenvalue weighted by Crippen LogP contribution is -2.40. The van der Waals surface area contributed by atoms with Crippen LogP contribution in [0.15, 0.2) is 24.8 Å². The van der Waals surface area contributed by atoms with Crippen molar-refractivity contribution in [2.24, 2.45) is 0 Å². The minimum atomic E-state index is 0.433. The first-order chi connectivity index (χ1) is 12.2. The number of nitrogens with zero attached hydrogens (tertiary/aromatic N) is 6. The molecule has 0 radical (unpaired) electrons. The summed E-state index contributed by atoms with van der Waals surface area (Å²) in [4.78, 5) is 22.2. The predicted octanol–water partition coefficient (Wildman–Crippen LogP) is 2.29. The van der Waals surface area contributed by atoms with E-state index in [9.17, 15) is 0 Å². The first-order valence-corrected chi connectivity index (χ1v) is 9.02. The monoisotopic (exact) mass is 339 g/mol. The highest BCUT2D eigenvalue weighted by Crippen LogP contribution is 2.42. The SMILES string of the molecule is CN(C)c1cc(NC2CCN(c3nccnc3C3CC3)CC2)ncn1. The summed E-state index contributed by atoms with van der Waals surface area (Å²) < 4.78 is 0. The van der Waals surface area contributed by atoms with Crippen LogP contribution in [0.5, 0.6) is 0 Å². The van der Waals surface area contributed by atoms with Gasteiger partial charge in [0.05, 0.1) is 5.69 Å². The fourth-order valence-corrected chi connectivity index (χ4v) is 3.35. The van der Waals surface area contributed by atoms with E-state index in [1.165, 1.54) is 18.5 Å². The molecule has 0 amide bonds. The quantitative estimate of drug-likeness (QED) is 0.896. The van der Waals surface area contributed by atoms with Crippen LogP contribution in [0.3, 0.4) is 0 Å². The predicted molar refractivity (Wildman–Crippen MR) is 99.2 cm³/mol. The van der Waals surface area contributed by atoms with Crippen LogP contribution >= 0.6 is 0 Å². The fraction of sp³-hybridized carbons (Fsp3) is 0.556. The molecule has 1 aliphatic heterocycles. The van der Waals surface area contributed by atoms with Crippen LogP contribution in [0.1, 0.15) is 37.3 Å². The Morgan fingerprint density at radius 3 is 2.48 bits per heavy atom. The second-order valence-electron chi connectivity index (χ2n) is 7.10. The third kappa shape index (κ3) is 3.65. The molecule has 0 bridgehead atoms. The Hall–Kier alpha value is -2.44. The molecule has 25 heavy (non-hydrogen) atoms. The van der Waals surface area contributed by atoms with Gasteiger partial charge in [-0.15, -0.1) is 0 Å². The van der Waals surface area contributed by atoms with Crippen molar-refractivity contribution in [3.05, 3.63) is 30.5 Å². The summed E-state index contributed by atoms with van der Waals surface area (Å²) in [6, 6.07) is 2.43. The van der Waals surface area contributed by atoms with E-state index in [4.69, 9.17) is 0 Å². The molecule has 2 aromatic rings. The van der Waals surface area contributed by atoms with Gasteiger partial charge in [-0.25, -0.2) is 15.0 Å². The van der Waals surface area contributed by atoms with Crippen LogP contribution in [-0.4, -0.2) is 53.2 Å². The van der Waals surface area contributed by atoms with Crippen molar-refractivity contribution >= 4 is 17.5 Å². The van der Waals surface area contributed by atoms with Crippen LogP contribution in [-0.2, 0) is 0 Å². The molecule has 0 spiro atoms. The largest absolute Gasteiger partial charge is 0.367 e. The Morgan fingerprint density at radius 2 is 1.76 bits per heavy atom. The average molecular weight is 339 g/mol. The average Bonchev–Trinajstić information content (AvgIpc) is 3.48. The van der Waals surface area contributed by atoms with Gasteiger partial charge in [-0.1, -0.05) is 0 Å². The van der Waals surface area contributed by atoms with Gasteiger partial charge in [0.1, 0.15) is 18.0 Å². The maximum absolute atomic E-state index is 4.62. The lowest BCUT2D eigenvalue weighted by Gasteiger charge is -2.34. The minimum absolute atomic E-state index is 0.433. The van der Waals surface area contributed by atoms with Crippen molar-refractivity contribution in [3.8, 4) is 0 Å². The number of anilines is 3. The Kier molecular flexibility index (Phi) is 4.38. The van der Waals surface area contributed by atoms with Crippen LogP contribution < -0.4 is 15.1 Å². The van der Waals surface area contributed by atoms with E-state index in [0.29, 0.717) is 12.0 Å². The van der Waals surface area contributed by atoms with Crippen LogP contribution in [0.25, 0.3) is 0 Å². The van der Waals surface area contributed by atoms with E-state index in [1.54, 1.807) is 6.33 Å². The number of hydrogen-bond acceptors (Lipinski definition) is 7. The summed E-state index contributed by atoms with van der Waals surface area (Å²) in [5.41, 5.74) is 1.19. The van der Waals surface area contributed by atoms with Gasteiger partial charge in [-0.05, 0) is 25.7 Å². The van der Waals surface area contributed by atoms with E-state index in [1.807, 2.05) is 37.5 Å². The van der Waals surface area contributed by atoms with Crippen LogP contribution in [0.4, 0.5) is 17.5 Å². The second kappa shape index (κ2) is 6.82. The fourth-order valence-electron chi connectivity index (χ4n) is 3.35. The lowest BCUT2D eigenvalue weighted by molar-refractivity contribution is 0.520. The van der Waals surface area contributed by atoms with Crippen molar-refractivity contribution in [2.75, 3.05) is 42.3 Å². The summed E-state index contributed by atoms with van der Waals surface area (Å²) in [6.45, 7) is 2.00. The van der Waals surface area contributed by atoms with Gasteiger partial charge in [0, 0.05) is 57.6 Å². The Bertz CT molecular complexity index is 721. The smallest absolute Gasteiger partial charge is 0.150 e. The van der Waals surface area contributed by atoms with Gasteiger partial charge in [-0.2, -0.15) is 0 Å². The summed E-state index contributed by atoms with van der Waals surface area (Å²) in [6.07, 6.45) is 9.91. The van der Waals surface area contributed by atoms with Gasteiger partial charge >= 0.3 is 0 Å². The highest BCUT2D eigenvalue weighted by molar-refractivity contribution is 5.49. The minimum Gasteiger partial charge on any atom is -0.367 e. The van der Waals surface area contributed by atoms with Gasteiger partial charge in [0.2, 0.25) is 0 Å². The molecule has 1 saturated heterocycles. The highest BCUT2D eigenvalue weighted by atomic mass is 15.2. The van der Waals surface area contributed by atoms with Crippen LogP contribution in [0, 0.1) is 0 Å². The maximum Gasteiger partial charge on any atom is 0.150 e. The molecule has 1 N–H and O–H groups in total. The molecule has 4 rings (SSSR count). The summed E-state index contributed by atoms with van der Waals surface area (Å²) in [5, 5.41) is 3.56. The summed E-state index contributed by atoms with van der Waals surface area (Å²) >= 11 is 0. The first-order valence-electron chi connectivity index (χ1n) is 9.02. The maximum atomic E-state index is 4.62. The molecule has 2 fully saturated rings. The summed E-state index contributed by atoms with van der Waals surface area (Å²) in [5.74, 6) is 3.55. The highest BCUT2D eigenvalue weighted by Gasteiger charge is 2.31. The summed E-state index contributed by atoms with van der Waals surface area (Å²) in [7, 11) is 3.98. The topological polar surface area (TPSA) is 70.1 Å². The molecule has 2 aliphatic rings. The first kappa shape index (κ1) is 16.1. The number of rotatable bonds is 5. The second-order valence-corrected chi connectivity index (χ2v) is 7.10. The zero-order chi connectivity index (χ0) is 17.2. The Labute approximate surface area is 148 Å². The lowest BCUT2D eigenvalue weighted by atomic mass is 10.0. The molecule has 3 heterocycles. The molecular formula is C18H25N7. The van der Waals surface area contributed by atoms with Crippen molar-refractivity contribution in [1.82, 2.24) is 19.9 Å². The zero-order valence-electron chi connectivity index (χ0n) is 14.9. The number of aromatic nitrogens is 4. The van der Waals surface area contributed by atoms with Crippen molar-refractivity contribution in [1.29, 1.82) is 0 Å². The molecule has 0 unspecified atom stereocenters. The standard InChI is InChI=1S/C18H25N7/c1-24(2)16-11-15(21-12-22-16)23-14-5-9-25(10-6-14)18-17(13-3-4-13)19-7-8-20-18/h7-8,11-14H,3-6,9-10H2,1-2H3,(H,21,22,23). The molecule has 7 heteroatoms.